The molecule has 4 heteroatoms. The average molecular weight is 202 g/mol. The molecule has 0 spiro atoms. The monoisotopic (exact) mass is 202 g/mol. The summed E-state index contributed by atoms with van der Waals surface area (Å²) in [5.41, 5.74) is 0. The molecule has 1 aliphatic rings. The molecule has 0 aromatic carbocycles. The van der Waals surface area contributed by atoms with Gasteiger partial charge in [0, 0.05) is 26.2 Å². The van der Waals surface area contributed by atoms with E-state index < -0.39 is 0 Å². The summed E-state index contributed by atoms with van der Waals surface area (Å²) in [6, 6.07) is 0.600. The maximum atomic E-state index is 5.26. The van der Waals surface area contributed by atoms with Crippen molar-refractivity contribution in [3.05, 3.63) is 0 Å². The summed E-state index contributed by atoms with van der Waals surface area (Å²) in [6.07, 6.45) is 2.51. The van der Waals surface area contributed by atoms with Gasteiger partial charge in [0.25, 0.3) is 0 Å². The van der Waals surface area contributed by atoms with Gasteiger partial charge in [0.1, 0.15) is 0 Å². The summed E-state index contributed by atoms with van der Waals surface area (Å²) in [6.45, 7) is 4.83. The van der Waals surface area contributed by atoms with E-state index in [1.54, 1.807) is 7.11 Å². The fourth-order valence-corrected chi connectivity index (χ4v) is 1.97. The van der Waals surface area contributed by atoms with Crippen molar-refractivity contribution in [3.8, 4) is 0 Å². The van der Waals surface area contributed by atoms with Gasteiger partial charge in [-0.1, -0.05) is 0 Å². The SMILES string of the molecule is COCCNC(=S)N1CCCC1C. The van der Waals surface area contributed by atoms with Gasteiger partial charge in [0.05, 0.1) is 6.61 Å². The Morgan fingerprint density at radius 2 is 2.46 bits per heavy atom. The van der Waals surface area contributed by atoms with E-state index in [9.17, 15) is 0 Å². The summed E-state index contributed by atoms with van der Waals surface area (Å²) < 4.78 is 4.94. The van der Waals surface area contributed by atoms with Gasteiger partial charge < -0.3 is 15.0 Å². The minimum absolute atomic E-state index is 0.600. The second-order valence-corrected chi connectivity index (χ2v) is 3.80. The first-order chi connectivity index (χ1) is 6.25. The molecular weight excluding hydrogens is 184 g/mol. The molecule has 13 heavy (non-hydrogen) atoms. The zero-order valence-corrected chi connectivity index (χ0v) is 9.19. The van der Waals surface area contributed by atoms with Gasteiger partial charge in [0.15, 0.2) is 5.11 Å². The number of ether oxygens (including phenoxy) is 1. The maximum absolute atomic E-state index is 5.26. The number of likely N-dealkylation sites (tertiary alicyclic amines) is 1. The number of thiocarbonyl (C=S) groups is 1. The highest BCUT2D eigenvalue weighted by Crippen LogP contribution is 2.15. The van der Waals surface area contributed by atoms with Gasteiger partial charge in [-0.25, -0.2) is 0 Å². The van der Waals surface area contributed by atoms with Crippen LogP contribution in [0.25, 0.3) is 0 Å². The van der Waals surface area contributed by atoms with Crippen LogP contribution in [0.4, 0.5) is 0 Å². The summed E-state index contributed by atoms with van der Waals surface area (Å²) in [5, 5.41) is 4.07. The Kier molecular flexibility index (Phi) is 4.45. The van der Waals surface area contributed by atoms with Crippen molar-refractivity contribution in [3.63, 3.8) is 0 Å². The van der Waals surface area contributed by atoms with Crippen LogP contribution in [0, 0.1) is 0 Å². The lowest BCUT2D eigenvalue weighted by molar-refractivity contribution is 0.203. The molecule has 0 bridgehead atoms. The molecule has 1 aliphatic heterocycles. The van der Waals surface area contributed by atoms with Crippen LogP contribution in [0.3, 0.4) is 0 Å². The molecule has 1 saturated heterocycles. The smallest absolute Gasteiger partial charge is 0.169 e. The molecule has 0 saturated carbocycles. The first-order valence-electron chi connectivity index (χ1n) is 4.79. The first kappa shape index (κ1) is 10.7. The van der Waals surface area contributed by atoms with Crippen LogP contribution in [0.15, 0.2) is 0 Å². The van der Waals surface area contributed by atoms with Crippen molar-refractivity contribution in [2.45, 2.75) is 25.8 Å². The highest BCUT2D eigenvalue weighted by atomic mass is 32.1. The standard InChI is InChI=1S/C9H18N2OS/c1-8-4-3-6-11(8)9(13)10-5-7-12-2/h8H,3-7H2,1-2H3,(H,10,13). The Labute approximate surface area is 85.4 Å². The Bertz CT molecular complexity index is 175. The molecule has 1 unspecified atom stereocenters. The minimum Gasteiger partial charge on any atom is -0.383 e. The predicted molar refractivity (Wildman–Crippen MR) is 57.9 cm³/mol. The van der Waals surface area contributed by atoms with Crippen molar-refractivity contribution >= 4 is 17.3 Å². The number of hydrogen-bond acceptors (Lipinski definition) is 2. The Morgan fingerprint density at radius 3 is 3.00 bits per heavy atom. The maximum Gasteiger partial charge on any atom is 0.169 e. The third-order valence-corrected chi connectivity index (χ3v) is 2.78. The van der Waals surface area contributed by atoms with Crippen LogP contribution in [0.5, 0.6) is 0 Å². The Morgan fingerprint density at radius 1 is 1.69 bits per heavy atom. The second kappa shape index (κ2) is 5.40. The van der Waals surface area contributed by atoms with E-state index in [-0.39, 0.29) is 0 Å². The highest BCUT2D eigenvalue weighted by molar-refractivity contribution is 7.80. The molecule has 1 rings (SSSR count). The zero-order chi connectivity index (χ0) is 9.68. The Hall–Kier alpha value is -0.350. The van der Waals surface area contributed by atoms with Crippen LogP contribution in [-0.4, -0.2) is 42.9 Å². The number of methoxy groups -OCH3 is 1. The van der Waals surface area contributed by atoms with Crippen molar-refractivity contribution in [2.24, 2.45) is 0 Å². The number of rotatable bonds is 3. The van der Waals surface area contributed by atoms with Crippen molar-refractivity contribution in [1.29, 1.82) is 0 Å². The molecule has 1 atom stereocenters. The largest absolute Gasteiger partial charge is 0.383 e. The third kappa shape index (κ3) is 3.12. The Balaban J connectivity index is 2.22. The van der Waals surface area contributed by atoms with Gasteiger partial charge in [-0.3, -0.25) is 0 Å². The average Bonchev–Trinajstić information content (AvgIpc) is 2.52. The van der Waals surface area contributed by atoms with Gasteiger partial charge in [-0.2, -0.15) is 0 Å². The molecule has 0 aromatic heterocycles. The quantitative estimate of drug-likeness (QED) is 0.545. The fourth-order valence-electron chi connectivity index (χ4n) is 1.60. The van der Waals surface area contributed by atoms with E-state index >= 15 is 0 Å². The molecule has 76 valence electrons. The number of nitrogens with zero attached hydrogens (tertiary/aromatic N) is 1. The van der Waals surface area contributed by atoms with Gasteiger partial charge in [-0.15, -0.1) is 0 Å². The van der Waals surface area contributed by atoms with E-state index in [4.69, 9.17) is 17.0 Å². The lowest BCUT2D eigenvalue weighted by atomic mass is 10.2. The van der Waals surface area contributed by atoms with E-state index in [0.29, 0.717) is 12.6 Å². The molecule has 0 radical (unpaired) electrons. The molecule has 1 N–H and O–H groups in total. The fraction of sp³-hybridized carbons (Fsp3) is 0.889. The summed E-state index contributed by atoms with van der Waals surface area (Å²) >= 11 is 5.26. The first-order valence-corrected chi connectivity index (χ1v) is 5.20. The topological polar surface area (TPSA) is 24.5 Å². The van der Waals surface area contributed by atoms with Gasteiger partial charge >= 0.3 is 0 Å². The van der Waals surface area contributed by atoms with E-state index in [1.165, 1.54) is 12.8 Å². The van der Waals surface area contributed by atoms with Crippen molar-refractivity contribution < 1.29 is 4.74 Å². The van der Waals surface area contributed by atoms with Crippen LogP contribution in [-0.2, 0) is 4.74 Å². The summed E-state index contributed by atoms with van der Waals surface area (Å²) in [5.74, 6) is 0. The highest BCUT2D eigenvalue weighted by Gasteiger charge is 2.21. The molecule has 0 amide bonds. The van der Waals surface area contributed by atoms with E-state index in [2.05, 4.69) is 17.1 Å². The van der Waals surface area contributed by atoms with Crippen molar-refractivity contribution in [1.82, 2.24) is 10.2 Å². The van der Waals surface area contributed by atoms with E-state index in [0.717, 1.165) is 18.2 Å². The minimum atomic E-state index is 0.600. The molecule has 3 nitrogen and oxygen atoms in total. The molecule has 0 aromatic rings. The third-order valence-electron chi connectivity index (χ3n) is 2.40. The number of hydrogen-bond donors (Lipinski definition) is 1. The lowest BCUT2D eigenvalue weighted by Crippen LogP contribution is -2.42. The van der Waals surface area contributed by atoms with Crippen molar-refractivity contribution in [2.75, 3.05) is 26.8 Å². The normalized spacial score (nSPS) is 22.0. The van der Waals surface area contributed by atoms with Crippen LogP contribution < -0.4 is 5.32 Å². The molecular formula is C9H18N2OS. The van der Waals surface area contributed by atoms with Crippen LogP contribution in [0.2, 0.25) is 0 Å². The predicted octanol–water partition coefficient (Wildman–Crippen LogP) is 0.992. The number of nitrogens with one attached hydrogen (secondary N) is 1. The van der Waals surface area contributed by atoms with Gasteiger partial charge in [-0.05, 0) is 32.0 Å². The summed E-state index contributed by atoms with van der Waals surface area (Å²) in [7, 11) is 1.70. The molecule has 1 heterocycles. The molecule has 0 aliphatic carbocycles. The summed E-state index contributed by atoms with van der Waals surface area (Å²) in [4.78, 5) is 2.25. The van der Waals surface area contributed by atoms with E-state index in [1.807, 2.05) is 0 Å². The zero-order valence-electron chi connectivity index (χ0n) is 8.38. The van der Waals surface area contributed by atoms with Crippen LogP contribution >= 0.6 is 12.2 Å². The molecule has 1 fully saturated rings. The second-order valence-electron chi connectivity index (χ2n) is 3.41. The van der Waals surface area contributed by atoms with Gasteiger partial charge in [0.2, 0.25) is 0 Å². The van der Waals surface area contributed by atoms with Crippen LogP contribution in [0.1, 0.15) is 19.8 Å². The lowest BCUT2D eigenvalue weighted by Gasteiger charge is -2.24.